The molecule has 0 radical (unpaired) electrons. The van der Waals surface area contributed by atoms with E-state index in [-0.39, 0.29) is 18.2 Å². The zero-order valence-electron chi connectivity index (χ0n) is 17.6. The molecule has 2 aromatic carbocycles. The van der Waals surface area contributed by atoms with Crippen LogP contribution in [0.4, 0.5) is 11.4 Å². The van der Waals surface area contributed by atoms with Crippen molar-refractivity contribution >= 4 is 40.1 Å². The Morgan fingerprint density at radius 2 is 1.90 bits per heavy atom. The van der Waals surface area contributed by atoms with Gasteiger partial charge in [0.2, 0.25) is 11.8 Å². The maximum absolute atomic E-state index is 12.9. The highest BCUT2D eigenvalue weighted by Gasteiger charge is 2.38. The van der Waals surface area contributed by atoms with E-state index in [0.29, 0.717) is 23.1 Å². The lowest BCUT2D eigenvalue weighted by atomic mass is 10.2. The summed E-state index contributed by atoms with van der Waals surface area (Å²) in [4.78, 5) is 31.9. The number of aliphatic imine (C=N–C) groups is 1. The number of rotatable bonds is 8. The van der Waals surface area contributed by atoms with Crippen molar-refractivity contribution in [1.82, 2.24) is 4.90 Å². The third kappa shape index (κ3) is 5.21. The van der Waals surface area contributed by atoms with Crippen molar-refractivity contribution in [3.8, 4) is 5.75 Å². The van der Waals surface area contributed by atoms with E-state index in [2.05, 4.69) is 17.2 Å². The lowest BCUT2D eigenvalue weighted by molar-refractivity contribution is -0.128. The zero-order valence-corrected chi connectivity index (χ0v) is 18.4. The molecule has 0 bridgehead atoms. The summed E-state index contributed by atoms with van der Waals surface area (Å²) in [5, 5.41) is 3.01. The number of ether oxygens (including phenoxy) is 1. The Balaban J connectivity index is 1.73. The van der Waals surface area contributed by atoms with Crippen LogP contribution in [0.25, 0.3) is 0 Å². The highest BCUT2D eigenvalue weighted by molar-refractivity contribution is 8.15. The Bertz CT molecular complexity index is 928. The lowest BCUT2D eigenvalue weighted by Crippen LogP contribution is -2.34. The van der Waals surface area contributed by atoms with Crippen LogP contribution < -0.4 is 10.1 Å². The minimum atomic E-state index is -0.486. The van der Waals surface area contributed by atoms with Gasteiger partial charge in [0.15, 0.2) is 5.17 Å². The summed E-state index contributed by atoms with van der Waals surface area (Å²) in [6, 6.07) is 15.2. The van der Waals surface area contributed by atoms with Gasteiger partial charge in [0, 0.05) is 13.0 Å². The molecule has 0 aliphatic carbocycles. The standard InChI is InChI=1S/C23H27N3O3S/c1-4-14-26-22(28)20(15-21(27)25-18-8-6-7-9-19(18)29-3)30-23(26)24-17-12-10-16(5-2)11-13-17/h6-13,20H,4-5,14-15H2,1-3H3,(H,25,27)/t20-/m1/s1. The Kier molecular flexibility index (Phi) is 7.52. The molecular formula is C23H27N3O3S. The smallest absolute Gasteiger partial charge is 0.242 e. The Labute approximate surface area is 181 Å². The first-order valence-corrected chi connectivity index (χ1v) is 11.0. The first-order valence-electron chi connectivity index (χ1n) is 10.1. The van der Waals surface area contributed by atoms with Gasteiger partial charge in [-0.15, -0.1) is 0 Å². The number of carbonyl (C=O) groups excluding carboxylic acids is 2. The second kappa shape index (κ2) is 10.3. The number of thioether (sulfide) groups is 1. The fourth-order valence-corrected chi connectivity index (χ4v) is 4.37. The molecule has 6 nitrogen and oxygen atoms in total. The van der Waals surface area contributed by atoms with Gasteiger partial charge in [-0.3, -0.25) is 14.5 Å². The van der Waals surface area contributed by atoms with E-state index in [9.17, 15) is 9.59 Å². The molecule has 1 saturated heterocycles. The topological polar surface area (TPSA) is 71.0 Å². The maximum atomic E-state index is 12.9. The first kappa shape index (κ1) is 21.9. The SMILES string of the molecule is CCCN1C(=O)[C@@H](CC(=O)Nc2ccccc2OC)SC1=Nc1ccc(CC)cc1. The number of hydrogen-bond donors (Lipinski definition) is 1. The minimum absolute atomic E-state index is 0.0686. The van der Waals surface area contributed by atoms with Crippen molar-refractivity contribution in [2.45, 2.75) is 38.4 Å². The van der Waals surface area contributed by atoms with Crippen molar-refractivity contribution in [2.24, 2.45) is 4.99 Å². The average Bonchev–Trinajstić information content (AvgIpc) is 3.03. The van der Waals surface area contributed by atoms with E-state index in [1.807, 2.05) is 43.3 Å². The predicted molar refractivity (Wildman–Crippen MR) is 123 cm³/mol. The van der Waals surface area contributed by atoms with Crippen molar-refractivity contribution < 1.29 is 14.3 Å². The molecule has 0 spiro atoms. The summed E-state index contributed by atoms with van der Waals surface area (Å²) in [6.07, 6.45) is 1.87. The van der Waals surface area contributed by atoms with Crippen LogP contribution >= 0.6 is 11.8 Å². The second-order valence-corrected chi connectivity index (χ2v) is 8.13. The van der Waals surface area contributed by atoms with Gasteiger partial charge in [-0.1, -0.05) is 49.9 Å². The number of aryl methyl sites for hydroxylation is 1. The number of para-hydroxylation sites is 2. The van der Waals surface area contributed by atoms with Crippen LogP contribution in [0, 0.1) is 0 Å². The molecule has 1 aliphatic rings. The van der Waals surface area contributed by atoms with E-state index >= 15 is 0 Å². The number of benzene rings is 2. The quantitative estimate of drug-likeness (QED) is 0.669. The van der Waals surface area contributed by atoms with Crippen LogP contribution in [0.3, 0.4) is 0 Å². The summed E-state index contributed by atoms with van der Waals surface area (Å²) >= 11 is 1.35. The van der Waals surface area contributed by atoms with E-state index in [4.69, 9.17) is 4.74 Å². The molecule has 1 aliphatic heterocycles. The van der Waals surface area contributed by atoms with Gasteiger partial charge in [-0.2, -0.15) is 0 Å². The van der Waals surface area contributed by atoms with Gasteiger partial charge < -0.3 is 10.1 Å². The summed E-state index contributed by atoms with van der Waals surface area (Å²) in [7, 11) is 1.56. The van der Waals surface area contributed by atoms with Gasteiger partial charge in [-0.25, -0.2) is 4.99 Å². The van der Waals surface area contributed by atoms with Crippen molar-refractivity contribution in [3.05, 3.63) is 54.1 Å². The van der Waals surface area contributed by atoms with Crippen molar-refractivity contribution in [2.75, 3.05) is 19.0 Å². The molecular weight excluding hydrogens is 398 g/mol. The summed E-state index contributed by atoms with van der Waals surface area (Å²) in [6.45, 7) is 4.71. The van der Waals surface area contributed by atoms with Crippen LogP contribution in [-0.4, -0.2) is 40.8 Å². The summed E-state index contributed by atoms with van der Waals surface area (Å²) in [5.41, 5.74) is 2.64. The van der Waals surface area contributed by atoms with Gasteiger partial charge >= 0.3 is 0 Å². The van der Waals surface area contributed by atoms with Gasteiger partial charge in [0.25, 0.3) is 0 Å². The molecule has 30 heavy (non-hydrogen) atoms. The van der Waals surface area contributed by atoms with Gasteiger partial charge in [-0.05, 0) is 42.7 Å². The highest BCUT2D eigenvalue weighted by Crippen LogP contribution is 2.32. The van der Waals surface area contributed by atoms with E-state index in [1.54, 1.807) is 24.1 Å². The highest BCUT2D eigenvalue weighted by atomic mass is 32.2. The van der Waals surface area contributed by atoms with Crippen LogP contribution in [0.2, 0.25) is 0 Å². The number of carbonyl (C=O) groups is 2. The zero-order chi connectivity index (χ0) is 21.5. The number of amidine groups is 1. The van der Waals surface area contributed by atoms with Crippen LogP contribution in [-0.2, 0) is 16.0 Å². The molecule has 0 aromatic heterocycles. The molecule has 0 saturated carbocycles. The third-order valence-electron chi connectivity index (χ3n) is 4.79. The molecule has 2 aromatic rings. The first-order chi connectivity index (χ1) is 14.5. The normalized spacial score (nSPS) is 17.4. The number of anilines is 1. The molecule has 0 unspecified atom stereocenters. The number of amides is 2. The molecule has 3 rings (SSSR count). The second-order valence-electron chi connectivity index (χ2n) is 6.96. The monoisotopic (exact) mass is 425 g/mol. The minimum Gasteiger partial charge on any atom is -0.495 e. The lowest BCUT2D eigenvalue weighted by Gasteiger charge is -2.15. The fourth-order valence-electron chi connectivity index (χ4n) is 3.19. The number of nitrogens with zero attached hydrogens (tertiary/aromatic N) is 2. The van der Waals surface area contributed by atoms with Crippen molar-refractivity contribution in [1.29, 1.82) is 0 Å². The Morgan fingerprint density at radius 3 is 2.57 bits per heavy atom. The third-order valence-corrected chi connectivity index (χ3v) is 5.96. The van der Waals surface area contributed by atoms with Crippen molar-refractivity contribution in [3.63, 3.8) is 0 Å². The predicted octanol–water partition coefficient (Wildman–Crippen LogP) is 4.63. The van der Waals surface area contributed by atoms with Gasteiger partial charge in [0.1, 0.15) is 11.0 Å². The average molecular weight is 426 g/mol. The molecule has 1 heterocycles. The molecule has 1 N–H and O–H groups in total. The van der Waals surface area contributed by atoms with E-state index in [1.165, 1.54) is 17.3 Å². The summed E-state index contributed by atoms with van der Waals surface area (Å²) < 4.78 is 5.27. The fraction of sp³-hybridized carbons (Fsp3) is 0.348. The van der Waals surface area contributed by atoms with Crippen LogP contribution in [0.15, 0.2) is 53.5 Å². The molecule has 158 valence electrons. The van der Waals surface area contributed by atoms with E-state index in [0.717, 1.165) is 18.5 Å². The molecule has 7 heteroatoms. The largest absolute Gasteiger partial charge is 0.495 e. The van der Waals surface area contributed by atoms with Crippen LogP contribution in [0.1, 0.15) is 32.3 Å². The Morgan fingerprint density at radius 1 is 1.17 bits per heavy atom. The number of nitrogens with one attached hydrogen (secondary N) is 1. The molecule has 1 fully saturated rings. The number of methoxy groups -OCH3 is 1. The molecule has 1 atom stereocenters. The summed E-state index contributed by atoms with van der Waals surface area (Å²) in [5.74, 6) is 0.290. The van der Waals surface area contributed by atoms with Gasteiger partial charge in [0.05, 0.1) is 18.5 Å². The Hall–Kier alpha value is -2.80. The molecule has 2 amide bonds. The maximum Gasteiger partial charge on any atom is 0.242 e. The van der Waals surface area contributed by atoms with Crippen LogP contribution in [0.5, 0.6) is 5.75 Å². The van der Waals surface area contributed by atoms with E-state index < -0.39 is 5.25 Å². The number of hydrogen-bond acceptors (Lipinski definition) is 5.